The maximum absolute atomic E-state index is 9.80. The zero-order chi connectivity index (χ0) is 8.78. The van der Waals surface area contributed by atoms with Crippen LogP contribution in [-0.2, 0) is 9.36 Å². The third-order valence-corrected chi connectivity index (χ3v) is 0.798. The minimum atomic E-state index is -4.32. The second-order valence-corrected chi connectivity index (χ2v) is 2.38. The van der Waals surface area contributed by atoms with Gasteiger partial charge in [0.05, 0.1) is 0 Å². The van der Waals surface area contributed by atoms with Gasteiger partial charge in [0.1, 0.15) is 6.79 Å². The average molecular weight is 169 g/mol. The summed E-state index contributed by atoms with van der Waals surface area (Å²) in [6, 6.07) is 0. The van der Waals surface area contributed by atoms with E-state index in [-0.39, 0.29) is 0 Å². The van der Waals surface area contributed by atoms with Crippen LogP contribution in [0.2, 0.25) is 0 Å². The summed E-state index contributed by atoms with van der Waals surface area (Å²) in [6.45, 7) is 2.00. The maximum Gasteiger partial charge on any atom is 0.429 e. The Morgan fingerprint density at radius 2 is 1.90 bits per heavy atom. The summed E-state index contributed by atoms with van der Waals surface area (Å²) >= 11 is 0. The van der Waals surface area contributed by atoms with Crippen LogP contribution >= 0.6 is 7.75 Å². The van der Waals surface area contributed by atoms with Crippen molar-refractivity contribution in [2.75, 3.05) is 0 Å². The van der Waals surface area contributed by atoms with Crippen molar-refractivity contribution in [3.05, 3.63) is 0 Å². The summed E-state index contributed by atoms with van der Waals surface area (Å²) in [4.78, 5) is 23.9. The Labute approximate surface area is 57.0 Å². The zero-order valence-electron chi connectivity index (χ0n) is 4.94. The summed E-state index contributed by atoms with van der Waals surface area (Å²) in [5, 5.41) is 7.73. The first kappa shape index (κ1) is 11.8. The predicted octanol–water partition coefficient (Wildman–Crippen LogP) is -1.62. The fourth-order valence-electron chi connectivity index (χ4n) is 0.157. The van der Waals surface area contributed by atoms with Gasteiger partial charge in [-0.15, -0.1) is 0 Å². The van der Waals surface area contributed by atoms with Gasteiger partial charge in [0, 0.05) is 0 Å². The predicted molar refractivity (Wildman–Crippen MR) is 34.2 cm³/mol. The number of nitrogens with one attached hydrogen (secondary N) is 2. The van der Waals surface area contributed by atoms with Crippen molar-refractivity contribution in [1.82, 2.24) is 5.09 Å². The molecule has 60 valence electrons. The molecule has 0 aromatic rings. The number of nitrogens with two attached hydrogens (primary N) is 1. The van der Waals surface area contributed by atoms with Gasteiger partial charge in [-0.1, -0.05) is 0 Å². The molecule has 8 heteroatoms. The van der Waals surface area contributed by atoms with Crippen LogP contribution < -0.4 is 10.8 Å². The second kappa shape index (κ2) is 4.92. The lowest BCUT2D eigenvalue weighted by Gasteiger charge is -2.02. The summed E-state index contributed by atoms with van der Waals surface area (Å²) in [5.74, 6) is -0.738. The van der Waals surface area contributed by atoms with Crippen molar-refractivity contribution in [3.63, 3.8) is 0 Å². The lowest BCUT2D eigenvalue weighted by molar-refractivity contribution is -0.0979. The lowest BCUT2D eigenvalue weighted by Crippen LogP contribution is -2.27. The van der Waals surface area contributed by atoms with Crippen LogP contribution in [0.3, 0.4) is 0 Å². The molecule has 0 spiro atoms. The van der Waals surface area contributed by atoms with Crippen molar-refractivity contribution in [1.29, 1.82) is 5.41 Å². The molecule has 0 aliphatic heterocycles. The third-order valence-electron chi connectivity index (χ3n) is 0.266. The van der Waals surface area contributed by atoms with Crippen molar-refractivity contribution >= 4 is 20.5 Å². The molecule has 7 nitrogen and oxygen atoms in total. The molecule has 0 fully saturated rings. The topological polar surface area (TPSA) is 136 Å². The van der Waals surface area contributed by atoms with Gasteiger partial charge < -0.3 is 20.3 Å². The van der Waals surface area contributed by atoms with Gasteiger partial charge in [0.15, 0.2) is 5.96 Å². The molecule has 0 unspecified atom stereocenters. The molecule has 6 N–H and O–H groups in total. The highest BCUT2D eigenvalue weighted by Crippen LogP contribution is 2.26. The van der Waals surface area contributed by atoms with E-state index in [0.29, 0.717) is 0 Å². The normalized spacial score (nSPS) is 9.00. The number of rotatable bonds is 1. The fourth-order valence-corrected chi connectivity index (χ4v) is 0.471. The van der Waals surface area contributed by atoms with E-state index in [0.717, 1.165) is 0 Å². The van der Waals surface area contributed by atoms with Crippen LogP contribution in [0.25, 0.3) is 0 Å². The maximum atomic E-state index is 9.80. The average Bonchev–Trinajstić information content (AvgIpc) is 1.64. The molecule has 10 heavy (non-hydrogen) atoms. The molecule has 0 saturated heterocycles. The van der Waals surface area contributed by atoms with Gasteiger partial charge in [-0.25, -0.2) is 4.57 Å². The molecule has 0 radical (unpaired) electrons. The summed E-state index contributed by atoms with van der Waals surface area (Å²) in [7, 11) is -4.32. The fraction of sp³-hybridized carbons (Fsp3) is 0. The van der Waals surface area contributed by atoms with Gasteiger partial charge in [0.25, 0.3) is 0 Å². The molecule has 0 aromatic carbocycles. The number of carbonyl (C=O) groups excluding carboxylic acids is 1. The van der Waals surface area contributed by atoms with Crippen LogP contribution in [-0.4, -0.2) is 22.5 Å². The summed E-state index contributed by atoms with van der Waals surface area (Å²) < 4.78 is 9.80. The Morgan fingerprint density at radius 1 is 1.60 bits per heavy atom. The highest BCUT2D eigenvalue weighted by molar-refractivity contribution is 7.50. The number of guanidine groups is 1. The zero-order valence-corrected chi connectivity index (χ0v) is 5.84. The first-order valence-corrected chi connectivity index (χ1v) is 3.50. The molecular formula is C2H8N3O4P. The van der Waals surface area contributed by atoms with Gasteiger partial charge in [-0.05, 0) is 0 Å². The Morgan fingerprint density at radius 3 is 1.90 bits per heavy atom. The molecule has 0 aliphatic carbocycles. The number of carbonyl (C=O) groups is 1. The largest absolute Gasteiger partial charge is 0.429 e. The van der Waals surface area contributed by atoms with Gasteiger partial charge in [-0.2, -0.15) is 0 Å². The first-order valence-electron chi connectivity index (χ1n) is 1.88. The van der Waals surface area contributed by atoms with Gasteiger partial charge >= 0.3 is 7.75 Å². The van der Waals surface area contributed by atoms with Crippen molar-refractivity contribution in [3.8, 4) is 0 Å². The molecule has 0 atom stereocenters. The molecule has 0 aromatic heterocycles. The van der Waals surface area contributed by atoms with E-state index in [1.54, 1.807) is 0 Å². The molecule has 0 rings (SSSR count). The molecule has 0 heterocycles. The van der Waals surface area contributed by atoms with Crippen LogP contribution in [0.15, 0.2) is 0 Å². The molecule has 0 bridgehead atoms. The Hall–Kier alpha value is -0.910. The van der Waals surface area contributed by atoms with Crippen LogP contribution in [0.1, 0.15) is 0 Å². The van der Waals surface area contributed by atoms with Crippen molar-refractivity contribution < 1.29 is 19.1 Å². The SMILES string of the molecule is C=O.N=C(N)NP(=O)(O)O. The Bertz CT molecular complexity index is 153. The summed E-state index contributed by atoms with van der Waals surface area (Å²) in [6.07, 6.45) is 0. The monoisotopic (exact) mass is 169 g/mol. The van der Waals surface area contributed by atoms with Gasteiger partial charge in [0.2, 0.25) is 0 Å². The number of hydrogen-bond donors (Lipinski definition) is 5. The van der Waals surface area contributed by atoms with E-state index in [4.69, 9.17) is 20.0 Å². The second-order valence-electron chi connectivity index (χ2n) is 1.07. The van der Waals surface area contributed by atoms with E-state index < -0.39 is 13.7 Å². The quantitative estimate of drug-likeness (QED) is 0.182. The van der Waals surface area contributed by atoms with Crippen molar-refractivity contribution in [2.24, 2.45) is 5.73 Å². The van der Waals surface area contributed by atoms with Crippen molar-refractivity contribution in [2.45, 2.75) is 0 Å². The molecule has 0 amide bonds. The Balaban J connectivity index is 0. The van der Waals surface area contributed by atoms with E-state index >= 15 is 0 Å². The molecule has 0 saturated carbocycles. The van der Waals surface area contributed by atoms with Crippen LogP contribution in [0, 0.1) is 5.41 Å². The molecular weight excluding hydrogens is 161 g/mol. The summed E-state index contributed by atoms with van der Waals surface area (Å²) in [5.41, 5.74) is 4.56. The lowest BCUT2D eigenvalue weighted by atomic mass is 11.1. The minimum Gasteiger partial charge on any atom is -0.370 e. The highest BCUT2D eigenvalue weighted by atomic mass is 31.2. The van der Waals surface area contributed by atoms with E-state index in [1.807, 2.05) is 6.79 Å². The van der Waals surface area contributed by atoms with Crippen LogP contribution in [0.4, 0.5) is 0 Å². The minimum absolute atomic E-state index is 0.738. The van der Waals surface area contributed by atoms with E-state index in [1.165, 1.54) is 5.09 Å². The van der Waals surface area contributed by atoms with Crippen LogP contribution in [0.5, 0.6) is 0 Å². The van der Waals surface area contributed by atoms with Gasteiger partial charge in [-0.3, -0.25) is 10.5 Å². The third kappa shape index (κ3) is 15.7. The highest BCUT2D eigenvalue weighted by Gasteiger charge is 2.10. The smallest absolute Gasteiger partial charge is 0.370 e. The Kier molecular flexibility index (Phi) is 5.82. The number of hydrogen-bond acceptors (Lipinski definition) is 3. The first-order chi connectivity index (χ1) is 4.42. The van der Waals surface area contributed by atoms with E-state index in [2.05, 4.69) is 5.73 Å². The standard InChI is InChI=1S/CH6N3O3P.CH2O/c2-1(3)4-8(5,6)7;1-2/h(H6,2,3,4,5,6,7);1H2. The van der Waals surface area contributed by atoms with E-state index in [9.17, 15) is 4.57 Å². The molecule has 0 aliphatic rings.